The number of pyridine rings is 1. The Hall–Kier alpha value is -1.56. The van der Waals surface area contributed by atoms with E-state index >= 15 is 0 Å². The third-order valence-electron chi connectivity index (χ3n) is 2.58. The largest absolute Gasteiger partial charge is 0.309 e. The smallest absolute Gasteiger partial charge is 0.253 e. The van der Waals surface area contributed by atoms with E-state index in [1.165, 1.54) is 6.92 Å². The molecule has 2 heterocycles. The van der Waals surface area contributed by atoms with Gasteiger partial charge in [-0.25, -0.2) is 8.78 Å². The lowest BCUT2D eigenvalue weighted by atomic mass is 10.3. The van der Waals surface area contributed by atoms with Gasteiger partial charge in [0.25, 0.3) is 6.43 Å². The van der Waals surface area contributed by atoms with Crippen LogP contribution in [0.4, 0.5) is 8.78 Å². The molecule has 0 aliphatic heterocycles. The number of aromatic nitrogens is 3. The first kappa shape index (κ1) is 11.9. The van der Waals surface area contributed by atoms with Crippen molar-refractivity contribution in [2.45, 2.75) is 25.8 Å². The van der Waals surface area contributed by atoms with Crippen molar-refractivity contribution in [2.24, 2.45) is 0 Å². The van der Waals surface area contributed by atoms with Gasteiger partial charge >= 0.3 is 0 Å². The fraction of sp³-hybridized carbons (Fsp3) is 0.455. The van der Waals surface area contributed by atoms with Crippen LogP contribution in [-0.2, 0) is 6.42 Å². The van der Waals surface area contributed by atoms with Gasteiger partial charge in [0.05, 0.1) is 6.04 Å². The zero-order valence-electron chi connectivity index (χ0n) is 9.48. The third-order valence-corrected chi connectivity index (χ3v) is 2.58. The molecule has 0 spiro atoms. The number of nitrogens with one attached hydrogen (secondary N) is 1. The number of nitrogens with zero attached hydrogens (tertiary/aromatic N) is 3. The van der Waals surface area contributed by atoms with Crippen molar-refractivity contribution in [1.29, 1.82) is 0 Å². The summed E-state index contributed by atoms with van der Waals surface area (Å²) in [6, 6.07) is 4.82. The first-order valence-electron chi connectivity index (χ1n) is 5.48. The summed E-state index contributed by atoms with van der Waals surface area (Å²) in [5.74, 6) is 0.773. The minimum absolute atomic E-state index is 0.460. The lowest BCUT2D eigenvalue weighted by molar-refractivity contribution is 0.106. The minimum atomic E-state index is -2.34. The topological polar surface area (TPSA) is 42.2 Å². The summed E-state index contributed by atoms with van der Waals surface area (Å²) in [4.78, 5) is 0. The highest BCUT2D eigenvalue weighted by Crippen LogP contribution is 2.04. The van der Waals surface area contributed by atoms with Crippen LogP contribution in [0, 0.1) is 0 Å². The van der Waals surface area contributed by atoms with E-state index in [-0.39, 0.29) is 0 Å². The van der Waals surface area contributed by atoms with Gasteiger partial charge in [0, 0.05) is 19.2 Å². The monoisotopic (exact) mass is 240 g/mol. The van der Waals surface area contributed by atoms with Crippen LogP contribution < -0.4 is 5.32 Å². The van der Waals surface area contributed by atoms with Crippen LogP contribution in [0.3, 0.4) is 0 Å². The van der Waals surface area contributed by atoms with E-state index < -0.39 is 12.5 Å². The molecular weight excluding hydrogens is 226 g/mol. The molecule has 0 bridgehead atoms. The summed E-state index contributed by atoms with van der Waals surface area (Å²) in [5, 5.41) is 10.8. The molecule has 0 aromatic carbocycles. The summed E-state index contributed by atoms with van der Waals surface area (Å²) in [6.07, 6.45) is 0.0915. The van der Waals surface area contributed by atoms with Gasteiger partial charge in [-0.2, -0.15) is 0 Å². The number of halogens is 2. The molecule has 2 aromatic heterocycles. The molecule has 4 nitrogen and oxygen atoms in total. The van der Waals surface area contributed by atoms with Crippen LogP contribution >= 0.6 is 0 Å². The average molecular weight is 240 g/mol. The molecule has 1 unspecified atom stereocenters. The van der Waals surface area contributed by atoms with Crippen LogP contribution in [-0.4, -0.2) is 33.6 Å². The minimum Gasteiger partial charge on any atom is -0.309 e. The molecular formula is C11H14F2N4. The number of hydrogen-bond acceptors (Lipinski definition) is 3. The van der Waals surface area contributed by atoms with Gasteiger partial charge in [-0.3, -0.25) is 4.40 Å². The van der Waals surface area contributed by atoms with Crippen molar-refractivity contribution >= 4 is 5.65 Å². The zero-order valence-corrected chi connectivity index (χ0v) is 9.48. The Labute approximate surface area is 97.7 Å². The molecule has 92 valence electrons. The Morgan fingerprint density at radius 2 is 2.18 bits per heavy atom. The predicted octanol–water partition coefficient (Wildman–Crippen LogP) is 1.51. The highest BCUT2D eigenvalue weighted by atomic mass is 19.3. The van der Waals surface area contributed by atoms with E-state index in [4.69, 9.17) is 0 Å². The molecule has 0 amide bonds. The summed E-state index contributed by atoms with van der Waals surface area (Å²) in [6.45, 7) is 1.92. The lowest BCUT2D eigenvalue weighted by Crippen LogP contribution is -2.34. The van der Waals surface area contributed by atoms with Crippen LogP contribution in [0.2, 0.25) is 0 Å². The van der Waals surface area contributed by atoms with E-state index in [2.05, 4.69) is 15.5 Å². The fourth-order valence-electron chi connectivity index (χ4n) is 1.56. The standard InChI is InChI=1S/C11H14F2N4/c1-8(11(12)13)14-6-5-10-16-15-9-4-2-3-7-17(9)10/h2-4,7-8,11,14H,5-6H2,1H3. The molecule has 1 atom stereocenters. The Kier molecular flexibility index (Phi) is 3.63. The molecule has 0 radical (unpaired) electrons. The second-order valence-corrected chi connectivity index (χ2v) is 3.87. The fourth-order valence-corrected chi connectivity index (χ4v) is 1.56. The first-order chi connectivity index (χ1) is 8.18. The average Bonchev–Trinajstić information content (AvgIpc) is 2.72. The van der Waals surface area contributed by atoms with Crippen LogP contribution in [0.1, 0.15) is 12.7 Å². The highest BCUT2D eigenvalue weighted by molar-refractivity contribution is 5.36. The van der Waals surface area contributed by atoms with Gasteiger partial charge in [-0.1, -0.05) is 6.07 Å². The van der Waals surface area contributed by atoms with Gasteiger partial charge in [-0.15, -0.1) is 10.2 Å². The number of hydrogen-bond donors (Lipinski definition) is 1. The SMILES string of the molecule is CC(NCCc1nnc2ccccn12)C(F)F. The maximum Gasteiger partial charge on any atom is 0.253 e. The Bertz CT molecular complexity index is 483. The maximum atomic E-state index is 12.3. The van der Waals surface area contributed by atoms with Crippen LogP contribution in [0.15, 0.2) is 24.4 Å². The van der Waals surface area contributed by atoms with Gasteiger partial charge in [0.15, 0.2) is 5.65 Å². The predicted molar refractivity (Wildman–Crippen MR) is 60.2 cm³/mol. The van der Waals surface area contributed by atoms with Crippen LogP contribution in [0.5, 0.6) is 0 Å². The van der Waals surface area contributed by atoms with E-state index in [1.54, 1.807) is 0 Å². The summed E-state index contributed by atoms with van der Waals surface area (Å²) < 4.78 is 26.4. The molecule has 1 N–H and O–H groups in total. The third kappa shape index (κ3) is 2.76. The molecule has 17 heavy (non-hydrogen) atoms. The van der Waals surface area contributed by atoms with Gasteiger partial charge in [-0.05, 0) is 19.1 Å². The van der Waals surface area contributed by atoms with Crippen molar-refractivity contribution in [3.8, 4) is 0 Å². The molecule has 0 saturated carbocycles. The normalized spacial score (nSPS) is 13.4. The molecule has 0 aliphatic carbocycles. The molecule has 2 aromatic rings. The molecule has 6 heteroatoms. The summed E-state index contributed by atoms with van der Waals surface area (Å²) >= 11 is 0. The Balaban J connectivity index is 1.95. The second kappa shape index (κ2) is 5.18. The van der Waals surface area contributed by atoms with Crippen molar-refractivity contribution in [3.05, 3.63) is 30.2 Å². The summed E-state index contributed by atoms with van der Waals surface area (Å²) in [5.41, 5.74) is 0.768. The first-order valence-corrected chi connectivity index (χ1v) is 5.48. The number of rotatable bonds is 5. The van der Waals surface area contributed by atoms with Gasteiger partial charge in [0.1, 0.15) is 5.82 Å². The second-order valence-electron chi connectivity index (χ2n) is 3.87. The van der Waals surface area contributed by atoms with E-state index in [9.17, 15) is 8.78 Å². The molecule has 0 saturated heterocycles. The maximum absolute atomic E-state index is 12.3. The summed E-state index contributed by atoms with van der Waals surface area (Å²) in [7, 11) is 0. The van der Waals surface area contributed by atoms with Crippen molar-refractivity contribution in [2.75, 3.05) is 6.54 Å². The molecule has 2 rings (SSSR count). The molecule has 0 fully saturated rings. The Morgan fingerprint density at radius 3 is 2.94 bits per heavy atom. The van der Waals surface area contributed by atoms with E-state index in [0.29, 0.717) is 13.0 Å². The lowest BCUT2D eigenvalue weighted by Gasteiger charge is -2.11. The van der Waals surface area contributed by atoms with Gasteiger partial charge < -0.3 is 5.32 Å². The van der Waals surface area contributed by atoms with Crippen molar-refractivity contribution in [1.82, 2.24) is 19.9 Å². The van der Waals surface area contributed by atoms with Crippen LogP contribution in [0.25, 0.3) is 5.65 Å². The zero-order chi connectivity index (χ0) is 12.3. The molecule has 0 aliphatic rings. The number of fused-ring (bicyclic) bond motifs is 1. The van der Waals surface area contributed by atoms with Crippen molar-refractivity contribution in [3.63, 3.8) is 0 Å². The number of alkyl halides is 2. The quantitative estimate of drug-likeness (QED) is 0.861. The highest BCUT2D eigenvalue weighted by Gasteiger charge is 2.13. The van der Waals surface area contributed by atoms with Gasteiger partial charge in [0.2, 0.25) is 0 Å². The van der Waals surface area contributed by atoms with Crippen molar-refractivity contribution < 1.29 is 8.78 Å². The Morgan fingerprint density at radius 1 is 1.35 bits per heavy atom. The van der Waals surface area contributed by atoms with E-state index in [1.807, 2.05) is 28.8 Å². The van der Waals surface area contributed by atoms with E-state index in [0.717, 1.165) is 11.5 Å².